The lowest BCUT2D eigenvalue weighted by Gasteiger charge is -2.42. The van der Waals surface area contributed by atoms with E-state index in [0.717, 1.165) is 36.8 Å². The molecule has 10 heteroatoms. The van der Waals surface area contributed by atoms with Gasteiger partial charge in [0, 0.05) is 51.1 Å². The van der Waals surface area contributed by atoms with Gasteiger partial charge in [0.2, 0.25) is 0 Å². The van der Waals surface area contributed by atoms with Gasteiger partial charge in [0.25, 0.3) is 0 Å². The third kappa shape index (κ3) is 6.96. The highest BCUT2D eigenvalue weighted by atomic mass is 35.5. The van der Waals surface area contributed by atoms with E-state index in [1.165, 1.54) is 12.1 Å². The summed E-state index contributed by atoms with van der Waals surface area (Å²) in [6.07, 6.45) is 4.96. The van der Waals surface area contributed by atoms with Crippen molar-refractivity contribution in [2.45, 2.75) is 51.0 Å². The van der Waals surface area contributed by atoms with Crippen molar-refractivity contribution in [3.05, 3.63) is 71.0 Å². The Morgan fingerprint density at radius 2 is 2.03 bits per heavy atom. The van der Waals surface area contributed by atoms with Gasteiger partial charge in [-0.2, -0.15) is 0 Å². The molecule has 1 saturated heterocycles. The first kappa shape index (κ1) is 28.2. The minimum atomic E-state index is -1.51. The van der Waals surface area contributed by atoms with E-state index in [1.807, 2.05) is 35.5 Å². The topological polar surface area (TPSA) is 89.2 Å². The molecule has 0 spiro atoms. The van der Waals surface area contributed by atoms with Crippen LogP contribution in [-0.2, 0) is 19.5 Å². The molecular weight excluding hydrogens is 513 g/mol. The minimum absolute atomic E-state index is 0.00756. The third-order valence-corrected chi connectivity index (χ3v) is 7.08. The summed E-state index contributed by atoms with van der Waals surface area (Å²) in [4.78, 5) is 6.39. The number of hydrogen-bond donors (Lipinski definition) is 2. The number of aliphatic hydroxyl groups excluding tert-OH is 1. The second kappa shape index (κ2) is 12.8. The van der Waals surface area contributed by atoms with Gasteiger partial charge in [0.15, 0.2) is 11.5 Å². The summed E-state index contributed by atoms with van der Waals surface area (Å²) in [7, 11) is 1.61. The largest absolute Gasteiger partial charge is 0.493 e. The second-order valence-corrected chi connectivity index (χ2v) is 9.97. The fourth-order valence-corrected chi connectivity index (χ4v) is 4.78. The van der Waals surface area contributed by atoms with E-state index >= 15 is 0 Å². The van der Waals surface area contributed by atoms with E-state index in [1.54, 1.807) is 7.11 Å². The molecule has 1 aliphatic rings. The molecule has 1 aliphatic heterocycles. The summed E-state index contributed by atoms with van der Waals surface area (Å²) in [5.74, 6) is 2.01. The molecule has 3 aromatic rings. The fraction of sp³-hybridized carbons (Fsp3) is 0.464. The Kier molecular flexibility index (Phi) is 9.49. The molecule has 2 aromatic carbocycles. The van der Waals surface area contributed by atoms with Crippen LogP contribution < -0.4 is 14.2 Å². The lowest BCUT2D eigenvalue weighted by atomic mass is 9.90. The van der Waals surface area contributed by atoms with Crippen LogP contribution in [0.5, 0.6) is 17.2 Å². The van der Waals surface area contributed by atoms with E-state index in [0.29, 0.717) is 37.6 Å². The number of halogens is 2. The average molecular weight is 548 g/mol. The Morgan fingerprint density at radius 3 is 2.79 bits per heavy atom. The molecule has 38 heavy (non-hydrogen) atoms. The van der Waals surface area contributed by atoms with Gasteiger partial charge < -0.3 is 29.0 Å². The molecular formula is C28H35ClFN3O5. The van der Waals surface area contributed by atoms with Crippen molar-refractivity contribution in [2.75, 3.05) is 33.4 Å². The number of hydrogen-bond acceptors (Lipinski definition) is 7. The van der Waals surface area contributed by atoms with Gasteiger partial charge in [-0.05, 0) is 42.7 Å². The van der Waals surface area contributed by atoms with Crippen LogP contribution in [-0.4, -0.2) is 69.8 Å². The highest BCUT2D eigenvalue weighted by molar-refractivity contribution is 6.30. The Labute approximate surface area is 227 Å². The van der Waals surface area contributed by atoms with Crippen LogP contribution in [0, 0.1) is 5.82 Å². The number of benzene rings is 2. The van der Waals surface area contributed by atoms with Crippen molar-refractivity contribution >= 4 is 11.6 Å². The van der Waals surface area contributed by atoms with Gasteiger partial charge >= 0.3 is 0 Å². The monoisotopic (exact) mass is 547 g/mol. The van der Waals surface area contributed by atoms with Gasteiger partial charge in [0.05, 0.1) is 24.8 Å². The molecule has 8 nitrogen and oxygen atoms in total. The summed E-state index contributed by atoms with van der Waals surface area (Å²) in [6.45, 7) is 4.63. The van der Waals surface area contributed by atoms with Crippen LogP contribution >= 0.6 is 11.6 Å². The number of nitrogens with zero attached hydrogens (tertiary/aromatic N) is 3. The van der Waals surface area contributed by atoms with Gasteiger partial charge in [-0.3, -0.25) is 4.90 Å². The van der Waals surface area contributed by atoms with Crippen LogP contribution in [0.4, 0.5) is 4.39 Å². The summed E-state index contributed by atoms with van der Waals surface area (Å²) in [5, 5.41) is 21.7. The van der Waals surface area contributed by atoms with Gasteiger partial charge in [-0.15, -0.1) is 0 Å². The molecule has 0 unspecified atom stereocenters. The number of aromatic nitrogens is 2. The predicted octanol–water partition coefficient (Wildman–Crippen LogP) is 4.09. The lowest BCUT2D eigenvalue weighted by molar-refractivity contribution is -0.140. The molecule has 2 heterocycles. The molecule has 0 bridgehead atoms. The normalized spacial score (nSPS) is 19.9. The molecule has 206 valence electrons. The number of imidazole rings is 1. The van der Waals surface area contributed by atoms with E-state index in [2.05, 4.69) is 16.5 Å². The highest BCUT2D eigenvalue weighted by Crippen LogP contribution is 2.31. The van der Waals surface area contributed by atoms with Crippen molar-refractivity contribution in [3.63, 3.8) is 0 Å². The first-order chi connectivity index (χ1) is 18.3. The molecule has 0 aliphatic carbocycles. The standard InChI is InChI=1S/C28H35ClFN3O5/c1-3-27-31-10-13-33(27)11-4-14-37-24-8-5-20(15-25(24)36-2)17-32-12-9-26(34)28(35,18-32)19-38-21-6-7-22(29)23(30)16-21/h5-8,10,13,15-16,26,34-35H,3-4,9,11-12,14,17-19H2,1-2H3/t26-,28-/m0/s1. The number of likely N-dealkylation sites (tertiary alicyclic amines) is 1. The van der Waals surface area contributed by atoms with E-state index < -0.39 is 17.5 Å². The van der Waals surface area contributed by atoms with E-state index in [-0.39, 0.29) is 23.9 Å². The van der Waals surface area contributed by atoms with Crippen LogP contribution in [0.25, 0.3) is 0 Å². The first-order valence-electron chi connectivity index (χ1n) is 12.8. The van der Waals surface area contributed by atoms with Crippen molar-refractivity contribution in [2.24, 2.45) is 0 Å². The van der Waals surface area contributed by atoms with Crippen LogP contribution in [0.1, 0.15) is 31.2 Å². The van der Waals surface area contributed by atoms with Crippen molar-refractivity contribution in [3.8, 4) is 17.2 Å². The molecule has 0 saturated carbocycles. The Hall–Kier alpha value is -2.85. The third-order valence-electron chi connectivity index (χ3n) is 6.77. The van der Waals surface area contributed by atoms with Crippen molar-refractivity contribution < 1.29 is 28.8 Å². The Balaban J connectivity index is 1.32. The van der Waals surface area contributed by atoms with Gasteiger partial charge in [0.1, 0.15) is 29.6 Å². The smallest absolute Gasteiger partial charge is 0.161 e. The lowest BCUT2D eigenvalue weighted by Crippen LogP contribution is -2.59. The number of ether oxygens (including phenoxy) is 3. The number of rotatable bonds is 12. The molecule has 1 aromatic heterocycles. The molecule has 2 N–H and O–H groups in total. The zero-order chi connectivity index (χ0) is 27.1. The Bertz CT molecular complexity index is 1210. The van der Waals surface area contributed by atoms with E-state index in [4.69, 9.17) is 25.8 Å². The fourth-order valence-electron chi connectivity index (χ4n) is 4.66. The minimum Gasteiger partial charge on any atom is -0.493 e. The van der Waals surface area contributed by atoms with E-state index in [9.17, 15) is 14.6 Å². The SMILES string of the molecule is CCc1nccn1CCCOc1ccc(CN2CC[C@H](O)[C@@](O)(COc3ccc(Cl)c(F)c3)C2)cc1OC. The van der Waals surface area contributed by atoms with Gasteiger partial charge in [-0.25, -0.2) is 9.37 Å². The molecule has 2 atom stereocenters. The number of piperidine rings is 1. The maximum absolute atomic E-state index is 13.7. The summed E-state index contributed by atoms with van der Waals surface area (Å²) in [5.41, 5.74) is -0.520. The van der Waals surface area contributed by atoms with Crippen molar-refractivity contribution in [1.29, 1.82) is 0 Å². The molecule has 0 radical (unpaired) electrons. The number of aryl methyl sites for hydroxylation is 2. The maximum Gasteiger partial charge on any atom is 0.161 e. The first-order valence-corrected chi connectivity index (χ1v) is 13.2. The maximum atomic E-state index is 13.7. The van der Waals surface area contributed by atoms with Crippen LogP contribution in [0.3, 0.4) is 0 Å². The van der Waals surface area contributed by atoms with Crippen LogP contribution in [0.15, 0.2) is 48.8 Å². The quantitative estimate of drug-likeness (QED) is 0.330. The van der Waals surface area contributed by atoms with Gasteiger partial charge in [-0.1, -0.05) is 24.6 Å². The summed E-state index contributed by atoms with van der Waals surface area (Å²) < 4.78 is 33.0. The van der Waals surface area contributed by atoms with Crippen molar-refractivity contribution in [1.82, 2.24) is 14.5 Å². The number of aliphatic hydroxyl groups is 2. The second-order valence-electron chi connectivity index (χ2n) is 9.56. The number of methoxy groups -OCH3 is 1. The molecule has 4 rings (SSSR count). The zero-order valence-corrected chi connectivity index (χ0v) is 22.5. The Morgan fingerprint density at radius 1 is 1.18 bits per heavy atom. The summed E-state index contributed by atoms with van der Waals surface area (Å²) >= 11 is 5.72. The predicted molar refractivity (Wildman–Crippen MR) is 142 cm³/mol. The zero-order valence-electron chi connectivity index (χ0n) is 21.8. The van der Waals surface area contributed by atoms with Crippen LogP contribution in [0.2, 0.25) is 5.02 Å². The molecule has 1 fully saturated rings. The number of β-amino-alcohol motifs (C(OH)–C–C–N with tert-alkyl or cyclic N) is 1. The highest BCUT2D eigenvalue weighted by Gasteiger charge is 2.42. The molecule has 0 amide bonds. The summed E-state index contributed by atoms with van der Waals surface area (Å²) in [6, 6.07) is 9.87. The average Bonchev–Trinajstić information content (AvgIpc) is 3.37.